The van der Waals surface area contributed by atoms with Crippen LogP contribution in [0.2, 0.25) is 0 Å². The number of H-pyrrole nitrogens is 2. The smallest absolute Gasteiger partial charge is 0.161 e. The Balaban J connectivity index is 1.44. The predicted octanol–water partition coefficient (Wildman–Crippen LogP) is 5.48. The summed E-state index contributed by atoms with van der Waals surface area (Å²) in [7, 11) is 0. The van der Waals surface area contributed by atoms with Crippen LogP contribution in [-0.4, -0.2) is 36.7 Å². The van der Waals surface area contributed by atoms with Crippen molar-refractivity contribution in [2.75, 3.05) is 6.54 Å². The first-order valence-corrected chi connectivity index (χ1v) is 11.4. The molecule has 172 valence electrons. The Bertz CT molecular complexity index is 1670. The van der Waals surface area contributed by atoms with Crippen LogP contribution in [0.5, 0.6) is 0 Å². The van der Waals surface area contributed by atoms with E-state index >= 15 is 0 Å². The minimum atomic E-state index is -0.283. The van der Waals surface area contributed by atoms with Gasteiger partial charge in [0.05, 0.1) is 22.2 Å². The van der Waals surface area contributed by atoms with Crippen LogP contribution in [0.15, 0.2) is 73.1 Å². The molecule has 0 saturated heterocycles. The fourth-order valence-corrected chi connectivity index (χ4v) is 4.25. The third-order valence-corrected chi connectivity index (χ3v) is 5.95. The topological polar surface area (TPSA) is 95.2 Å². The summed E-state index contributed by atoms with van der Waals surface area (Å²) in [6.45, 7) is 3.72. The number of nitrogens with one attached hydrogen (secondary N) is 3. The van der Waals surface area contributed by atoms with Gasteiger partial charge in [-0.15, -0.1) is 0 Å². The Labute approximate surface area is 200 Å². The Morgan fingerprint density at radius 3 is 2.69 bits per heavy atom. The lowest BCUT2D eigenvalue weighted by molar-refractivity contribution is 0.628. The van der Waals surface area contributed by atoms with Crippen LogP contribution in [0.4, 0.5) is 4.39 Å². The molecule has 0 radical (unpaired) electrons. The molecule has 0 fully saturated rings. The van der Waals surface area contributed by atoms with Crippen LogP contribution in [0.25, 0.3) is 56.0 Å². The summed E-state index contributed by atoms with van der Waals surface area (Å²) in [6.07, 6.45) is 3.67. The first-order chi connectivity index (χ1) is 17.2. The maximum absolute atomic E-state index is 13.9. The van der Waals surface area contributed by atoms with Gasteiger partial charge in [0.2, 0.25) is 0 Å². The molecule has 0 unspecified atom stereocenters. The summed E-state index contributed by atoms with van der Waals surface area (Å²) in [6, 6.07) is 18.4. The SMILES string of the molecule is CCNCc1cncc(-c2ccc3[nH]nc(-c4nc5c(-c6cccc(F)c6)cccc5[nH]4)c3n2)c1. The number of hydrogen-bond acceptors (Lipinski definition) is 5. The van der Waals surface area contributed by atoms with Crippen LogP contribution >= 0.6 is 0 Å². The minimum absolute atomic E-state index is 0.283. The van der Waals surface area contributed by atoms with E-state index in [9.17, 15) is 4.39 Å². The quantitative estimate of drug-likeness (QED) is 0.304. The summed E-state index contributed by atoms with van der Waals surface area (Å²) in [4.78, 5) is 17.5. The third-order valence-electron chi connectivity index (χ3n) is 5.95. The monoisotopic (exact) mass is 463 g/mol. The lowest BCUT2D eigenvalue weighted by Gasteiger charge is -2.05. The van der Waals surface area contributed by atoms with Gasteiger partial charge in [-0.2, -0.15) is 5.10 Å². The summed E-state index contributed by atoms with van der Waals surface area (Å²) < 4.78 is 13.9. The Kier molecular flexibility index (Phi) is 5.27. The van der Waals surface area contributed by atoms with E-state index in [1.807, 2.05) is 48.8 Å². The third kappa shape index (κ3) is 3.94. The number of aromatic nitrogens is 6. The largest absolute Gasteiger partial charge is 0.336 e. The van der Waals surface area contributed by atoms with Gasteiger partial charge in [-0.3, -0.25) is 10.1 Å². The molecule has 35 heavy (non-hydrogen) atoms. The predicted molar refractivity (Wildman–Crippen MR) is 135 cm³/mol. The zero-order chi connectivity index (χ0) is 23.8. The van der Waals surface area contributed by atoms with Crippen molar-refractivity contribution in [1.82, 2.24) is 35.5 Å². The molecule has 0 spiro atoms. The van der Waals surface area contributed by atoms with Gasteiger partial charge < -0.3 is 10.3 Å². The zero-order valence-electron chi connectivity index (χ0n) is 19.0. The maximum Gasteiger partial charge on any atom is 0.161 e. The van der Waals surface area contributed by atoms with Crippen molar-refractivity contribution in [2.24, 2.45) is 0 Å². The molecule has 7 nitrogen and oxygen atoms in total. The number of fused-ring (bicyclic) bond motifs is 2. The highest BCUT2D eigenvalue weighted by Gasteiger charge is 2.17. The van der Waals surface area contributed by atoms with E-state index in [0.717, 1.165) is 57.6 Å². The van der Waals surface area contributed by atoms with Crippen molar-refractivity contribution in [2.45, 2.75) is 13.5 Å². The summed E-state index contributed by atoms with van der Waals surface area (Å²) in [5.41, 5.74) is 8.20. The second-order valence-corrected chi connectivity index (χ2v) is 8.32. The van der Waals surface area contributed by atoms with E-state index in [0.29, 0.717) is 17.0 Å². The van der Waals surface area contributed by atoms with Crippen LogP contribution in [0.3, 0.4) is 0 Å². The molecule has 6 rings (SSSR count). The van der Waals surface area contributed by atoms with E-state index in [1.165, 1.54) is 12.1 Å². The van der Waals surface area contributed by atoms with E-state index in [1.54, 1.807) is 6.07 Å². The second-order valence-electron chi connectivity index (χ2n) is 8.32. The zero-order valence-corrected chi connectivity index (χ0v) is 19.0. The van der Waals surface area contributed by atoms with Crippen molar-refractivity contribution >= 4 is 22.1 Å². The maximum atomic E-state index is 13.9. The van der Waals surface area contributed by atoms with Crippen LogP contribution in [0, 0.1) is 5.82 Å². The highest BCUT2D eigenvalue weighted by atomic mass is 19.1. The average molecular weight is 464 g/mol. The van der Waals surface area contributed by atoms with E-state index in [4.69, 9.17) is 9.97 Å². The average Bonchev–Trinajstić information content (AvgIpc) is 3.51. The van der Waals surface area contributed by atoms with Gasteiger partial charge in [-0.05, 0) is 54.1 Å². The summed E-state index contributed by atoms with van der Waals surface area (Å²) in [5.74, 6) is 0.313. The molecular weight excluding hydrogens is 441 g/mol. The molecule has 4 heterocycles. The molecule has 8 heteroatoms. The van der Waals surface area contributed by atoms with Gasteiger partial charge in [-0.25, -0.2) is 14.4 Å². The molecule has 3 N–H and O–H groups in total. The number of rotatable bonds is 6. The number of para-hydroxylation sites is 1. The van der Waals surface area contributed by atoms with E-state index < -0.39 is 0 Å². The van der Waals surface area contributed by atoms with Crippen molar-refractivity contribution in [1.29, 1.82) is 0 Å². The number of benzene rings is 2. The summed E-state index contributed by atoms with van der Waals surface area (Å²) in [5, 5.41) is 10.9. The number of halogens is 1. The molecule has 0 amide bonds. The second kappa shape index (κ2) is 8.73. The molecule has 0 atom stereocenters. The molecular formula is C27H22FN7. The van der Waals surface area contributed by atoms with Crippen molar-refractivity contribution in [3.05, 3.63) is 84.4 Å². The number of nitrogens with zero attached hydrogens (tertiary/aromatic N) is 4. The number of aromatic amines is 2. The molecule has 0 aliphatic carbocycles. The first kappa shape index (κ1) is 21.1. The summed E-state index contributed by atoms with van der Waals surface area (Å²) >= 11 is 0. The molecule has 0 aliphatic rings. The lowest BCUT2D eigenvalue weighted by Crippen LogP contribution is -2.11. The van der Waals surface area contributed by atoms with Crippen LogP contribution < -0.4 is 5.32 Å². The van der Waals surface area contributed by atoms with Gasteiger partial charge in [-0.1, -0.05) is 31.2 Å². The Morgan fingerprint density at radius 2 is 1.80 bits per heavy atom. The molecule has 6 aromatic rings. The fourth-order valence-electron chi connectivity index (χ4n) is 4.25. The van der Waals surface area contributed by atoms with Crippen molar-refractivity contribution in [3.63, 3.8) is 0 Å². The molecule has 0 saturated carbocycles. The van der Waals surface area contributed by atoms with Gasteiger partial charge in [0.15, 0.2) is 11.5 Å². The minimum Gasteiger partial charge on any atom is -0.336 e. The van der Waals surface area contributed by atoms with Gasteiger partial charge in [0, 0.05) is 30.1 Å². The number of imidazole rings is 1. The Hall–Kier alpha value is -4.43. The van der Waals surface area contributed by atoms with E-state index in [2.05, 4.69) is 38.5 Å². The van der Waals surface area contributed by atoms with E-state index in [-0.39, 0.29) is 5.82 Å². The molecule has 2 aromatic carbocycles. The standard InChI is InChI=1S/C27H22FN7/c1-2-29-13-16-11-18(15-30-14-16)21-9-10-23-25(31-21)26(35-34-23)27-32-22-8-4-7-20(24(22)33-27)17-5-3-6-19(28)12-17/h3-12,14-15,29H,2,13H2,1H3,(H,32,33)(H,34,35). The van der Waals surface area contributed by atoms with Crippen LogP contribution in [-0.2, 0) is 6.54 Å². The molecule has 0 aliphatic heterocycles. The highest BCUT2D eigenvalue weighted by Crippen LogP contribution is 2.32. The van der Waals surface area contributed by atoms with Crippen molar-refractivity contribution < 1.29 is 4.39 Å². The Morgan fingerprint density at radius 1 is 0.886 bits per heavy atom. The lowest BCUT2D eigenvalue weighted by atomic mass is 10.0. The van der Waals surface area contributed by atoms with Crippen molar-refractivity contribution in [3.8, 4) is 33.9 Å². The van der Waals surface area contributed by atoms with Gasteiger partial charge in [0.1, 0.15) is 11.3 Å². The fraction of sp³-hybridized carbons (Fsp3) is 0.111. The first-order valence-electron chi connectivity index (χ1n) is 11.4. The number of hydrogen-bond donors (Lipinski definition) is 3. The van der Waals surface area contributed by atoms with Gasteiger partial charge in [0.25, 0.3) is 0 Å². The molecule has 4 aromatic heterocycles. The molecule has 0 bridgehead atoms. The van der Waals surface area contributed by atoms with Crippen LogP contribution in [0.1, 0.15) is 12.5 Å². The normalized spacial score (nSPS) is 11.5. The number of pyridine rings is 2. The highest BCUT2D eigenvalue weighted by molar-refractivity contribution is 5.96. The van der Waals surface area contributed by atoms with Gasteiger partial charge >= 0.3 is 0 Å².